The predicted octanol–water partition coefficient (Wildman–Crippen LogP) is 2.24. The van der Waals surface area contributed by atoms with Gasteiger partial charge < -0.3 is 14.8 Å². The zero-order valence-corrected chi connectivity index (χ0v) is 11.4. The first kappa shape index (κ1) is 13.8. The van der Waals surface area contributed by atoms with E-state index in [2.05, 4.69) is 10.3 Å². The Morgan fingerprint density at radius 3 is 3.00 bits per heavy atom. The quantitative estimate of drug-likeness (QED) is 0.775. The second-order valence-electron chi connectivity index (χ2n) is 4.49. The van der Waals surface area contributed by atoms with Crippen molar-refractivity contribution in [1.82, 2.24) is 10.3 Å². The largest absolute Gasteiger partial charge is 0.488 e. The summed E-state index contributed by atoms with van der Waals surface area (Å²) in [5.74, 6) is 0.805. The second kappa shape index (κ2) is 7.07. The fourth-order valence-electron chi connectivity index (χ4n) is 1.87. The number of hydrogen-bond donors (Lipinski definition) is 1. The van der Waals surface area contributed by atoms with Gasteiger partial charge in [-0.25, -0.2) is 0 Å². The predicted molar refractivity (Wildman–Crippen MR) is 76.6 cm³/mol. The van der Waals surface area contributed by atoms with Crippen LogP contribution in [0.15, 0.2) is 36.5 Å². The van der Waals surface area contributed by atoms with Gasteiger partial charge in [-0.1, -0.05) is 18.2 Å². The second-order valence-corrected chi connectivity index (χ2v) is 4.49. The van der Waals surface area contributed by atoms with Gasteiger partial charge in [-0.2, -0.15) is 0 Å². The van der Waals surface area contributed by atoms with Crippen LogP contribution < -0.4 is 10.1 Å². The lowest BCUT2D eigenvalue weighted by atomic mass is 10.2. The number of fused-ring (bicyclic) bond motifs is 1. The van der Waals surface area contributed by atoms with Gasteiger partial charge in [0.05, 0.1) is 18.3 Å². The molecule has 2 aromatic rings. The minimum atomic E-state index is 0.0971. The lowest BCUT2D eigenvalue weighted by Gasteiger charge is -2.15. The maximum Gasteiger partial charge on any atom is 0.138 e. The third-order valence-electron chi connectivity index (χ3n) is 2.82. The number of ether oxygens (including phenoxy) is 2. The first-order chi connectivity index (χ1) is 9.29. The number of para-hydroxylation sites is 1. The minimum absolute atomic E-state index is 0.0971. The fraction of sp³-hybridized carbons (Fsp3) is 0.400. The van der Waals surface area contributed by atoms with E-state index in [1.807, 2.05) is 37.3 Å². The molecule has 1 N–H and O–H groups in total. The van der Waals surface area contributed by atoms with E-state index in [1.54, 1.807) is 13.3 Å². The third kappa shape index (κ3) is 4.19. The van der Waals surface area contributed by atoms with Gasteiger partial charge in [0.15, 0.2) is 0 Å². The highest BCUT2D eigenvalue weighted by Crippen LogP contribution is 2.18. The molecule has 1 heterocycles. The van der Waals surface area contributed by atoms with Crippen molar-refractivity contribution in [3.05, 3.63) is 36.5 Å². The number of aromatic nitrogens is 1. The van der Waals surface area contributed by atoms with Crippen LogP contribution in [0.25, 0.3) is 10.9 Å². The van der Waals surface area contributed by atoms with Gasteiger partial charge in [-0.3, -0.25) is 4.98 Å². The highest BCUT2D eigenvalue weighted by Gasteiger charge is 2.04. The molecule has 0 aliphatic heterocycles. The van der Waals surface area contributed by atoms with Crippen molar-refractivity contribution in [2.24, 2.45) is 0 Å². The van der Waals surface area contributed by atoms with Crippen molar-refractivity contribution in [2.75, 3.05) is 26.8 Å². The van der Waals surface area contributed by atoms with Crippen LogP contribution in [-0.2, 0) is 4.74 Å². The van der Waals surface area contributed by atoms with Crippen molar-refractivity contribution < 1.29 is 9.47 Å². The van der Waals surface area contributed by atoms with E-state index in [0.29, 0.717) is 6.61 Å². The van der Waals surface area contributed by atoms with Gasteiger partial charge in [-0.05, 0) is 19.1 Å². The number of nitrogens with zero attached hydrogens (tertiary/aromatic N) is 1. The highest BCUT2D eigenvalue weighted by atomic mass is 16.5. The molecule has 0 radical (unpaired) electrons. The summed E-state index contributed by atoms with van der Waals surface area (Å²) in [6.45, 7) is 4.37. The normalized spacial score (nSPS) is 12.5. The molecule has 1 atom stereocenters. The van der Waals surface area contributed by atoms with Crippen LogP contribution in [0, 0.1) is 0 Å². The maximum absolute atomic E-state index is 5.84. The van der Waals surface area contributed by atoms with E-state index in [-0.39, 0.29) is 6.10 Å². The first-order valence-electron chi connectivity index (χ1n) is 6.50. The minimum Gasteiger partial charge on any atom is -0.488 e. The Morgan fingerprint density at radius 1 is 1.32 bits per heavy atom. The van der Waals surface area contributed by atoms with Crippen molar-refractivity contribution in [1.29, 1.82) is 0 Å². The topological polar surface area (TPSA) is 43.4 Å². The average Bonchev–Trinajstić information content (AvgIpc) is 2.43. The van der Waals surface area contributed by atoms with E-state index in [0.717, 1.165) is 29.7 Å². The molecule has 1 aromatic carbocycles. The lowest BCUT2D eigenvalue weighted by molar-refractivity contribution is 0.184. The molecule has 0 aliphatic carbocycles. The Balaban J connectivity index is 1.89. The molecule has 4 nitrogen and oxygen atoms in total. The number of methoxy groups -OCH3 is 1. The summed E-state index contributed by atoms with van der Waals surface area (Å²) >= 11 is 0. The SMILES string of the molecule is COCCNCC(C)Oc1cnc2ccccc2c1. The van der Waals surface area contributed by atoms with Crippen LogP contribution in [-0.4, -0.2) is 37.9 Å². The van der Waals surface area contributed by atoms with Gasteiger partial charge >= 0.3 is 0 Å². The summed E-state index contributed by atoms with van der Waals surface area (Å²) in [6, 6.07) is 10.0. The van der Waals surface area contributed by atoms with E-state index in [4.69, 9.17) is 9.47 Å². The number of hydrogen-bond acceptors (Lipinski definition) is 4. The molecular weight excluding hydrogens is 240 g/mol. The molecular formula is C15H20N2O2. The Kier molecular flexibility index (Phi) is 5.12. The summed E-state index contributed by atoms with van der Waals surface area (Å²) in [4.78, 5) is 4.38. The fourth-order valence-corrected chi connectivity index (χ4v) is 1.87. The molecule has 4 heteroatoms. The van der Waals surface area contributed by atoms with Crippen molar-refractivity contribution in [3.63, 3.8) is 0 Å². The zero-order valence-electron chi connectivity index (χ0n) is 11.4. The first-order valence-corrected chi connectivity index (χ1v) is 6.50. The van der Waals surface area contributed by atoms with Crippen LogP contribution in [0.5, 0.6) is 5.75 Å². The summed E-state index contributed by atoms with van der Waals surface area (Å²) in [6.07, 6.45) is 1.87. The Hall–Kier alpha value is -1.65. The summed E-state index contributed by atoms with van der Waals surface area (Å²) in [5.41, 5.74) is 0.987. The molecule has 0 fully saturated rings. The molecule has 0 spiro atoms. The molecule has 0 saturated carbocycles. The molecule has 1 aromatic heterocycles. The number of pyridine rings is 1. The number of benzene rings is 1. The van der Waals surface area contributed by atoms with Crippen LogP contribution in [0.3, 0.4) is 0 Å². The van der Waals surface area contributed by atoms with Gasteiger partial charge in [0.2, 0.25) is 0 Å². The van der Waals surface area contributed by atoms with Crippen molar-refractivity contribution in [3.8, 4) is 5.75 Å². The smallest absolute Gasteiger partial charge is 0.138 e. The molecule has 19 heavy (non-hydrogen) atoms. The summed E-state index contributed by atoms with van der Waals surface area (Å²) in [5, 5.41) is 4.37. The number of rotatable bonds is 7. The molecule has 0 aliphatic rings. The average molecular weight is 260 g/mol. The Labute approximate surface area is 113 Å². The lowest BCUT2D eigenvalue weighted by Crippen LogP contribution is -2.31. The third-order valence-corrected chi connectivity index (χ3v) is 2.82. The van der Waals surface area contributed by atoms with Crippen LogP contribution in [0.2, 0.25) is 0 Å². The Morgan fingerprint density at radius 2 is 2.16 bits per heavy atom. The number of nitrogens with one attached hydrogen (secondary N) is 1. The van der Waals surface area contributed by atoms with Gasteiger partial charge in [0.1, 0.15) is 11.9 Å². The van der Waals surface area contributed by atoms with Gasteiger partial charge in [0.25, 0.3) is 0 Å². The summed E-state index contributed by atoms with van der Waals surface area (Å²) in [7, 11) is 1.70. The zero-order chi connectivity index (χ0) is 13.5. The van der Waals surface area contributed by atoms with Crippen LogP contribution >= 0.6 is 0 Å². The molecule has 2 rings (SSSR count). The molecule has 1 unspecified atom stereocenters. The highest BCUT2D eigenvalue weighted by molar-refractivity contribution is 5.79. The Bertz CT molecular complexity index is 516. The van der Waals surface area contributed by atoms with E-state index < -0.39 is 0 Å². The monoisotopic (exact) mass is 260 g/mol. The van der Waals surface area contributed by atoms with Crippen molar-refractivity contribution in [2.45, 2.75) is 13.0 Å². The summed E-state index contributed by atoms with van der Waals surface area (Å²) < 4.78 is 10.8. The maximum atomic E-state index is 5.84. The van der Waals surface area contributed by atoms with E-state index in [9.17, 15) is 0 Å². The molecule has 0 amide bonds. The van der Waals surface area contributed by atoms with Crippen LogP contribution in [0.1, 0.15) is 6.92 Å². The van der Waals surface area contributed by atoms with E-state index >= 15 is 0 Å². The molecule has 0 bridgehead atoms. The van der Waals surface area contributed by atoms with Crippen molar-refractivity contribution >= 4 is 10.9 Å². The van der Waals surface area contributed by atoms with E-state index in [1.165, 1.54) is 0 Å². The van der Waals surface area contributed by atoms with Gasteiger partial charge in [0, 0.05) is 25.6 Å². The van der Waals surface area contributed by atoms with Gasteiger partial charge in [-0.15, -0.1) is 0 Å². The van der Waals surface area contributed by atoms with Crippen LogP contribution in [0.4, 0.5) is 0 Å². The molecule has 102 valence electrons. The molecule has 0 saturated heterocycles. The standard InChI is InChI=1S/C15H20N2O2/c1-12(10-16-7-8-18-2)19-14-9-13-5-3-4-6-15(13)17-11-14/h3-6,9,11-12,16H,7-8,10H2,1-2H3.